The lowest BCUT2D eigenvalue weighted by Crippen LogP contribution is -2.03. The van der Waals surface area contributed by atoms with Crippen LogP contribution in [0.2, 0.25) is 0 Å². The largest absolute Gasteiger partial charge is 0.309 e. The molecule has 0 spiro atoms. The van der Waals surface area contributed by atoms with Crippen molar-refractivity contribution >= 4 is 87.0 Å². The molecule has 0 N–H and O–H groups in total. The molecule has 0 amide bonds. The van der Waals surface area contributed by atoms with Gasteiger partial charge in [0.05, 0.1) is 33.1 Å². The Bertz CT molecular complexity index is 3280. The van der Waals surface area contributed by atoms with E-state index in [4.69, 9.17) is 9.97 Å². The molecule has 0 fully saturated rings. The summed E-state index contributed by atoms with van der Waals surface area (Å²) in [4.78, 5) is 10.8. The zero-order valence-electron chi connectivity index (χ0n) is 28.0. The highest BCUT2D eigenvalue weighted by molar-refractivity contribution is 6.37. The molecular weight excluding hydrogens is 633 g/mol. The van der Waals surface area contributed by atoms with E-state index in [-0.39, 0.29) is 0 Å². The van der Waals surface area contributed by atoms with Gasteiger partial charge in [0.1, 0.15) is 5.69 Å². The van der Waals surface area contributed by atoms with Gasteiger partial charge in [0, 0.05) is 32.8 Å². The van der Waals surface area contributed by atoms with E-state index in [0.717, 1.165) is 44.8 Å². The van der Waals surface area contributed by atoms with Crippen molar-refractivity contribution in [2.75, 3.05) is 0 Å². The summed E-state index contributed by atoms with van der Waals surface area (Å²) in [6.07, 6.45) is 0. The standard InChI is InChI=1S/C48H28N4/c1-2-14-32(15-3-1)51-39-22-8-16-33-35-18-10-24-41-45(35)46-36(34-17-9-23-40(51)44(34)43(33)39)19-11-25-42(46)52(41)48-47(49-37-20-6-7-21-38(37)50-48)31-27-26-29-12-4-5-13-30(29)28-31/h1-28H. The van der Waals surface area contributed by atoms with Gasteiger partial charge in [-0.15, -0.1) is 0 Å². The molecule has 3 heterocycles. The minimum absolute atomic E-state index is 0.827. The molecular formula is C48H28N4. The second-order valence-electron chi connectivity index (χ2n) is 13.8. The summed E-state index contributed by atoms with van der Waals surface area (Å²) < 4.78 is 4.79. The molecule has 3 aromatic heterocycles. The third-order valence-electron chi connectivity index (χ3n) is 11.0. The van der Waals surface area contributed by atoms with Crippen molar-refractivity contribution in [1.29, 1.82) is 0 Å². The SMILES string of the molecule is c1ccc(-n2c3cccc4c5cccc6c5c5c(cccc5n6-c5nc6ccccc6nc5-c5ccc6ccccc6c5)c5cccc2c5c43)cc1. The molecule has 12 rings (SSSR count). The molecule has 0 bridgehead atoms. The fraction of sp³-hybridized carbons (Fsp3) is 0. The normalized spacial score (nSPS) is 12.2. The van der Waals surface area contributed by atoms with Crippen molar-refractivity contribution in [1.82, 2.24) is 19.1 Å². The zero-order valence-corrected chi connectivity index (χ0v) is 28.0. The number of hydrogen-bond donors (Lipinski definition) is 0. The maximum absolute atomic E-state index is 5.45. The minimum atomic E-state index is 0.827. The second-order valence-corrected chi connectivity index (χ2v) is 13.8. The Morgan fingerprint density at radius 3 is 1.40 bits per heavy atom. The molecule has 52 heavy (non-hydrogen) atoms. The van der Waals surface area contributed by atoms with Gasteiger partial charge in [-0.2, -0.15) is 0 Å². The summed E-state index contributed by atoms with van der Waals surface area (Å²) in [6, 6.07) is 61.1. The van der Waals surface area contributed by atoms with Crippen LogP contribution in [0.4, 0.5) is 0 Å². The number of hydrogen-bond acceptors (Lipinski definition) is 2. The maximum Gasteiger partial charge on any atom is 0.165 e. The van der Waals surface area contributed by atoms with Crippen LogP contribution in [-0.2, 0) is 0 Å². The number of fused-ring (bicyclic) bond motifs is 4. The number of rotatable bonds is 3. The van der Waals surface area contributed by atoms with E-state index in [2.05, 4.69) is 167 Å². The highest BCUT2D eigenvalue weighted by Gasteiger charge is 2.24. The molecule has 9 aromatic carbocycles. The number of benzene rings is 8. The lowest BCUT2D eigenvalue weighted by atomic mass is 9.95. The van der Waals surface area contributed by atoms with Crippen molar-refractivity contribution in [3.63, 3.8) is 0 Å². The van der Waals surface area contributed by atoms with Gasteiger partial charge in [-0.05, 0) is 86.9 Å². The Morgan fingerprint density at radius 2 is 0.827 bits per heavy atom. The quantitative estimate of drug-likeness (QED) is 0.189. The predicted molar refractivity (Wildman–Crippen MR) is 217 cm³/mol. The molecule has 4 nitrogen and oxygen atoms in total. The van der Waals surface area contributed by atoms with E-state index in [9.17, 15) is 0 Å². The van der Waals surface area contributed by atoms with Crippen LogP contribution in [0.5, 0.6) is 0 Å². The predicted octanol–water partition coefficient (Wildman–Crippen LogP) is 12.4. The van der Waals surface area contributed by atoms with Gasteiger partial charge in [-0.3, -0.25) is 4.57 Å². The van der Waals surface area contributed by atoms with E-state index >= 15 is 0 Å². The smallest absolute Gasteiger partial charge is 0.165 e. The van der Waals surface area contributed by atoms with E-state index in [0.29, 0.717) is 0 Å². The summed E-state index contributed by atoms with van der Waals surface area (Å²) in [5, 5.41) is 12.3. The molecule has 0 saturated heterocycles. The molecule has 0 aliphatic heterocycles. The molecule has 0 atom stereocenters. The Balaban J connectivity index is 1.29. The monoisotopic (exact) mass is 660 g/mol. The highest BCUT2D eigenvalue weighted by atomic mass is 15.1. The number of nitrogens with zero attached hydrogens (tertiary/aromatic N) is 4. The van der Waals surface area contributed by atoms with Crippen molar-refractivity contribution < 1.29 is 0 Å². The first-order valence-corrected chi connectivity index (χ1v) is 17.8. The molecule has 0 saturated carbocycles. The summed E-state index contributed by atoms with van der Waals surface area (Å²) >= 11 is 0. The fourth-order valence-electron chi connectivity index (χ4n) is 8.87. The van der Waals surface area contributed by atoms with Crippen LogP contribution in [0, 0.1) is 0 Å². The van der Waals surface area contributed by atoms with Crippen LogP contribution in [0.25, 0.3) is 110 Å². The Kier molecular flexibility index (Phi) is 5.47. The van der Waals surface area contributed by atoms with Crippen molar-refractivity contribution in [3.05, 3.63) is 170 Å². The lowest BCUT2D eigenvalue weighted by molar-refractivity contribution is 1.08. The molecule has 0 aliphatic carbocycles. The maximum atomic E-state index is 5.45. The Hall–Kier alpha value is -7.04. The average molecular weight is 661 g/mol. The Labute approximate surface area is 297 Å². The van der Waals surface area contributed by atoms with Gasteiger partial charge >= 0.3 is 0 Å². The second kappa shape index (κ2) is 10.3. The van der Waals surface area contributed by atoms with Crippen LogP contribution in [0.1, 0.15) is 0 Å². The van der Waals surface area contributed by atoms with E-state index in [1.54, 1.807) is 0 Å². The minimum Gasteiger partial charge on any atom is -0.309 e. The molecule has 0 unspecified atom stereocenters. The van der Waals surface area contributed by atoms with Crippen molar-refractivity contribution in [2.45, 2.75) is 0 Å². The molecule has 0 aliphatic rings. The number of para-hydroxylation sites is 3. The Morgan fingerprint density at radius 1 is 0.346 bits per heavy atom. The van der Waals surface area contributed by atoms with Crippen LogP contribution in [-0.4, -0.2) is 19.1 Å². The first-order chi connectivity index (χ1) is 25.8. The van der Waals surface area contributed by atoms with Gasteiger partial charge in [-0.1, -0.05) is 115 Å². The topological polar surface area (TPSA) is 35.6 Å². The van der Waals surface area contributed by atoms with Gasteiger partial charge in [0.15, 0.2) is 5.82 Å². The van der Waals surface area contributed by atoms with Crippen LogP contribution in [0.15, 0.2) is 170 Å². The summed E-state index contributed by atoms with van der Waals surface area (Å²) in [7, 11) is 0. The van der Waals surface area contributed by atoms with E-state index in [1.165, 1.54) is 64.9 Å². The summed E-state index contributed by atoms with van der Waals surface area (Å²) in [5.74, 6) is 0.827. The van der Waals surface area contributed by atoms with Crippen molar-refractivity contribution in [3.8, 4) is 22.8 Å². The zero-order chi connectivity index (χ0) is 33.9. The van der Waals surface area contributed by atoms with E-state index in [1.807, 2.05) is 12.1 Å². The first-order valence-electron chi connectivity index (χ1n) is 17.8. The third-order valence-corrected chi connectivity index (χ3v) is 11.0. The lowest BCUT2D eigenvalue weighted by Gasteiger charge is -2.14. The molecule has 4 heteroatoms. The van der Waals surface area contributed by atoms with Gasteiger partial charge < -0.3 is 4.57 Å². The number of aromatic nitrogens is 4. The van der Waals surface area contributed by atoms with Gasteiger partial charge in [0.25, 0.3) is 0 Å². The summed E-state index contributed by atoms with van der Waals surface area (Å²) in [6.45, 7) is 0. The molecule has 0 radical (unpaired) electrons. The van der Waals surface area contributed by atoms with Crippen molar-refractivity contribution in [2.24, 2.45) is 0 Å². The third kappa shape index (κ3) is 3.65. The molecule has 240 valence electrons. The van der Waals surface area contributed by atoms with Crippen LogP contribution < -0.4 is 0 Å². The van der Waals surface area contributed by atoms with E-state index < -0.39 is 0 Å². The average Bonchev–Trinajstić information content (AvgIpc) is 3.73. The van der Waals surface area contributed by atoms with Crippen LogP contribution in [0.3, 0.4) is 0 Å². The van der Waals surface area contributed by atoms with Gasteiger partial charge in [0.2, 0.25) is 0 Å². The van der Waals surface area contributed by atoms with Gasteiger partial charge in [-0.25, -0.2) is 9.97 Å². The fourth-order valence-corrected chi connectivity index (χ4v) is 8.87. The summed E-state index contributed by atoms with van der Waals surface area (Å²) in [5.41, 5.74) is 9.44. The van der Waals surface area contributed by atoms with Crippen LogP contribution >= 0.6 is 0 Å². The first kappa shape index (κ1) is 27.7. The molecule has 12 aromatic rings. The highest BCUT2D eigenvalue weighted by Crippen LogP contribution is 2.47.